The fraction of sp³-hybridized carbons (Fsp3) is 0.216. The Morgan fingerprint density at radius 2 is 1.26 bits per heavy atom. The summed E-state index contributed by atoms with van der Waals surface area (Å²) >= 11 is -2.22. The van der Waals surface area contributed by atoms with Gasteiger partial charge >= 0.3 is 236 Å². The van der Waals surface area contributed by atoms with Gasteiger partial charge in [0.25, 0.3) is 0 Å². The van der Waals surface area contributed by atoms with Crippen LogP contribution in [0.1, 0.15) is 56.1 Å². The van der Waals surface area contributed by atoms with E-state index in [-0.39, 0.29) is 0 Å². The SMILES string of the molecule is C1=CC[C]([Zr](=[C]2CCCCCC2)[c]2cc(-c3ccccc3)cc3c2Cc2ccc(-c4ccccc4)cc2-3)=C1. The molecule has 0 nitrogen and oxygen atoms in total. The van der Waals surface area contributed by atoms with Crippen molar-refractivity contribution in [1.82, 2.24) is 0 Å². The predicted octanol–water partition coefficient (Wildman–Crippen LogP) is 9.21. The molecule has 186 valence electrons. The van der Waals surface area contributed by atoms with Crippen LogP contribution in [0.15, 0.2) is 113 Å². The van der Waals surface area contributed by atoms with Gasteiger partial charge in [-0.05, 0) is 0 Å². The second-order valence-corrected chi connectivity index (χ2v) is 17.5. The van der Waals surface area contributed by atoms with Gasteiger partial charge in [0.1, 0.15) is 0 Å². The molecule has 0 atom stereocenters. The van der Waals surface area contributed by atoms with Crippen molar-refractivity contribution in [2.45, 2.75) is 51.4 Å². The van der Waals surface area contributed by atoms with Gasteiger partial charge in [0, 0.05) is 0 Å². The zero-order valence-corrected chi connectivity index (χ0v) is 24.5. The third-order valence-corrected chi connectivity index (χ3v) is 16.5. The summed E-state index contributed by atoms with van der Waals surface area (Å²) in [7, 11) is 0. The van der Waals surface area contributed by atoms with Crippen LogP contribution < -0.4 is 3.27 Å². The third kappa shape index (κ3) is 4.60. The standard InChI is InChI=1S/C25H17.C7H12.C5H5.Zr/c1-3-7-18(8-4-1)20-11-13-22-15-23-14-12-21(17-25(23)24(22)16-20)19-9-5-2-6-10-19;1-2-4-6-7-5-3-1;1-2-4-5-3-1;/h1-13,16-17H,15H2;1-6H2;1-3H,4H2;. The summed E-state index contributed by atoms with van der Waals surface area (Å²) in [6, 6.07) is 34.3. The van der Waals surface area contributed by atoms with E-state index in [4.69, 9.17) is 0 Å². The molecule has 1 saturated carbocycles. The molecule has 0 unspecified atom stereocenters. The Bertz CT molecular complexity index is 1580. The van der Waals surface area contributed by atoms with Crippen molar-refractivity contribution in [3.8, 4) is 33.4 Å². The number of allylic oxidation sites excluding steroid dienone is 4. The van der Waals surface area contributed by atoms with E-state index in [0.29, 0.717) is 0 Å². The quantitative estimate of drug-likeness (QED) is 0.189. The van der Waals surface area contributed by atoms with Gasteiger partial charge in [-0.3, -0.25) is 0 Å². The monoisotopic (exact) mass is 568 g/mol. The number of benzene rings is 4. The summed E-state index contributed by atoms with van der Waals surface area (Å²) < 4.78 is 5.51. The van der Waals surface area contributed by atoms with Crippen LogP contribution in [0.25, 0.3) is 33.4 Å². The number of hydrogen-bond acceptors (Lipinski definition) is 0. The van der Waals surface area contributed by atoms with Gasteiger partial charge in [0.2, 0.25) is 0 Å². The fourth-order valence-corrected chi connectivity index (χ4v) is 15.2. The summed E-state index contributed by atoms with van der Waals surface area (Å²) in [4.78, 5) is 0. The Balaban J connectivity index is 1.46. The van der Waals surface area contributed by atoms with Crippen LogP contribution in [0.4, 0.5) is 0 Å². The molecular formula is C37H34Zr. The van der Waals surface area contributed by atoms with Gasteiger partial charge in [0.15, 0.2) is 0 Å². The molecule has 0 spiro atoms. The minimum absolute atomic E-state index is 1.09. The Hall–Kier alpha value is -2.89. The van der Waals surface area contributed by atoms with Crippen molar-refractivity contribution >= 4 is 6.48 Å². The molecule has 7 rings (SSSR count). The molecule has 1 heteroatoms. The molecule has 0 heterocycles. The molecule has 38 heavy (non-hydrogen) atoms. The Labute approximate surface area is 234 Å². The molecule has 0 bridgehead atoms. The van der Waals surface area contributed by atoms with E-state index < -0.39 is 21.3 Å². The van der Waals surface area contributed by atoms with Crippen molar-refractivity contribution in [2.75, 3.05) is 0 Å². The van der Waals surface area contributed by atoms with E-state index in [0.717, 1.165) is 6.42 Å². The molecule has 0 N–H and O–H groups in total. The zero-order valence-electron chi connectivity index (χ0n) is 22.0. The van der Waals surface area contributed by atoms with Crippen molar-refractivity contribution in [1.29, 1.82) is 0 Å². The summed E-state index contributed by atoms with van der Waals surface area (Å²) in [5, 5.41) is 0. The zero-order chi connectivity index (χ0) is 25.3. The fourth-order valence-electron chi connectivity index (χ4n) is 6.73. The number of rotatable bonds is 4. The second-order valence-electron chi connectivity index (χ2n) is 11.0. The van der Waals surface area contributed by atoms with Crippen LogP contribution >= 0.6 is 0 Å². The van der Waals surface area contributed by atoms with E-state index in [9.17, 15) is 0 Å². The molecule has 4 aromatic rings. The summed E-state index contributed by atoms with van der Waals surface area (Å²) in [5.41, 5.74) is 11.5. The van der Waals surface area contributed by atoms with Crippen LogP contribution in [0.5, 0.6) is 0 Å². The van der Waals surface area contributed by atoms with Gasteiger partial charge in [-0.2, -0.15) is 0 Å². The van der Waals surface area contributed by atoms with Crippen molar-refractivity contribution in [3.63, 3.8) is 0 Å². The van der Waals surface area contributed by atoms with Crippen LogP contribution in [0.2, 0.25) is 0 Å². The van der Waals surface area contributed by atoms with E-state index in [1.165, 1.54) is 83.9 Å². The molecule has 0 aliphatic heterocycles. The first-order chi connectivity index (χ1) is 18.8. The summed E-state index contributed by atoms with van der Waals surface area (Å²) in [6.07, 6.45) is 17.8. The molecule has 0 amide bonds. The van der Waals surface area contributed by atoms with Gasteiger partial charge in [-0.25, -0.2) is 0 Å². The van der Waals surface area contributed by atoms with Gasteiger partial charge < -0.3 is 0 Å². The van der Waals surface area contributed by atoms with Crippen LogP contribution in [-0.2, 0) is 27.7 Å². The first-order valence-electron chi connectivity index (χ1n) is 14.3. The molecule has 3 aliphatic carbocycles. The van der Waals surface area contributed by atoms with E-state index in [2.05, 4.69) is 109 Å². The first kappa shape index (κ1) is 24.2. The van der Waals surface area contributed by atoms with Gasteiger partial charge in [-0.15, -0.1) is 0 Å². The van der Waals surface area contributed by atoms with Crippen LogP contribution in [0.3, 0.4) is 0 Å². The first-order valence-corrected chi connectivity index (χ1v) is 18.0. The Kier molecular flexibility index (Phi) is 6.81. The predicted molar refractivity (Wildman–Crippen MR) is 160 cm³/mol. The topological polar surface area (TPSA) is 0 Å². The van der Waals surface area contributed by atoms with Gasteiger partial charge in [-0.1, -0.05) is 0 Å². The molecule has 0 radical (unpaired) electrons. The summed E-state index contributed by atoms with van der Waals surface area (Å²) in [5.74, 6) is 0. The summed E-state index contributed by atoms with van der Waals surface area (Å²) in [6.45, 7) is 0. The van der Waals surface area contributed by atoms with Crippen LogP contribution in [-0.4, -0.2) is 3.21 Å². The molecule has 0 saturated heterocycles. The molecule has 4 aromatic carbocycles. The Morgan fingerprint density at radius 1 is 0.579 bits per heavy atom. The molecule has 0 aromatic heterocycles. The number of hydrogen-bond donors (Lipinski definition) is 0. The number of fused-ring (bicyclic) bond motifs is 3. The molecule has 3 aliphatic rings. The van der Waals surface area contributed by atoms with Crippen LogP contribution in [0, 0.1) is 0 Å². The van der Waals surface area contributed by atoms with E-state index in [1.54, 1.807) is 12.1 Å². The maximum absolute atomic E-state index is 2.64. The Morgan fingerprint density at radius 3 is 1.95 bits per heavy atom. The molecular weight excluding hydrogens is 536 g/mol. The van der Waals surface area contributed by atoms with Gasteiger partial charge in [0.05, 0.1) is 0 Å². The van der Waals surface area contributed by atoms with E-state index in [1.807, 2.05) is 3.21 Å². The third-order valence-electron chi connectivity index (χ3n) is 8.65. The average molecular weight is 570 g/mol. The van der Waals surface area contributed by atoms with Crippen molar-refractivity contribution < 1.29 is 21.3 Å². The van der Waals surface area contributed by atoms with E-state index >= 15 is 0 Å². The second kappa shape index (κ2) is 10.7. The minimum atomic E-state index is -2.22. The average Bonchev–Trinajstić information content (AvgIpc) is 3.55. The van der Waals surface area contributed by atoms with Crippen molar-refractivity contribution in [3.05, 3.63) is 124 Å². The van der Waals surface area contributed by atoms with Crippen molar-refractivity contribution in [2.24, 2.45) is 0 Å². The maximum atomic E-state index is 2.64. The molecule has 1 fully saturated rings. The normalized spacial score (nSPS) is 16.1.